The van der Waals surface area contributed by atoms with E-state index in [9.17, 15) is 13.2 Å². The molecule has 3 aromatic rings. The molecule has 0 saturated heterocycles. The summed E-state index contributed by atoms with van der Waals surface area (Å²) in [5, 5.41) is 0. The number of alkyl halides is 3. The molecule has 2 aromatic heterocycles. The van der Waals surface area contributed by atoms with Gasteiger partial charge in [-0.15, -0.1) is 0 Å². The Morgan fingerprint density at radius 2 is 1.85 bits per heavy atom. The van der Waals surface area contributed by atoms with Gasteiger partial charge in [0, 0.05) is 37.1 Å². The third-order valence-corrected chi connectivity index (χ3v) is 4.87. The van der Waals surface area contributed by atoms with Crippen LogP contribution in [0.5, 0.6) is 0 Å². The minimum absolute atomic E-state index is 0.0929. The lowest BCUT2D eigenvalue weighted by atomic mass is 9.99. The van der Waals surface area contributed by atoms with Crippen molar-refractivity contribution in [3.05, 3.63) is 83.6 Å². The van der Waals surface area contributed by atoms with Gasteiger partial charge in [-0.1, -0.05) is 12.1 Å². The van der Waals surface area contributed by atoms with Crippen molar-refractivity contribution >= 4 is 0 Å². The number of aromatic nitrogens is 1. The van der Waals surface area contributed by atoms with Crippen molar-refractivity contribution in [2.75, 3.05) is 6.54 Å². The first-order valence-corrected chi connectivity index (χ1v) is 8.60. The Balaban J connectivity index is 1.72. The third-order valence-electron chi connectivity index (χ3n) is 4.87. The van der Waals surface area contributed by atoms with E-state index in [-0.39, 0.29) is 6.04 Å². The zero-order chi connectivity index (χ0) is 18.1. The Morgan fingerprint density at radius 1 is 1.04 bits per heavy atom. The summed E-state index contributed by atoms with van der Waals surface area (Å²) >= 11 is 0. The van der Waals surface area contributed by atoms with Gasteiger partial charge in [-0.05, 0) is 42.3 Å². The highest BCUT2D eigenvalue weighted by molar-refractivity contribution is 5.33. The van der Waals surface area contributed by atoms with Crippen LogP contribution in [-0.4, -0.2) is 16.0 Å². The van der Waals surface area contributed by atoms with E-state index in [2.05, 4.69) is 15.5 Å². The van der Waals surface area contributed by atoms with Gasteiger partial charge in [0.1, 0.15) is 0 Å². The zero-order valence-electron chi connectivity index (χ0n) is 14.1. The molecule has 1 aliphatic heterocycles. The number of hydrogen-bond acceptors (Lipinski definition) is 2. The van der Waals surface area contributed by atoms with Crippen LogP contribution < -0.4 is 0 Å². The molecule has 0 amide bonds. The van der Waals surface area contributed by atoms with Crippen molar-refractivity contribution in [3.8, 4) is 0 Å². The fraction of sp³-hybridized carbons (Fsp3) is 0.300. The predicted molar refractivity (Wildman–Crippen MR) is 91.5 cm³/mol. The number of fused-ring (bicyclic) bond motifs is 1. The number of halogens is 3. The summed E-state index contributed by atoms with van der Waals surface area (Å²) in [6.07, 6.45) is 2.06. The molecule has 3 nitrogen and oxygen atoms in total. The Hall–Kier alpha value is -2.47. The average molecular weight is 360 g/mol. The quantitative estimate of drug-likeness (QED) is 0.648. The van der Waals surface area contributed by atoms with Crippen LogP contribution in [-0.2, 0) is 19.3 Å². The van der Waals surface area contributed by atoms with Crippen molar-refractivity contribution in [2.45, 2.75) is 31.7 Å². The van der Waals surface area contributed by atoms with Crippen LogP contribution in [0, 0.1) is 0 Å². The molecule has 136 valence electrons. The standard InChI is InChI=1S/C20H19F3N2O/c21-20(22,23)17-6-4-16(5-7-17)19-18-3-1-9-24(18)10-2-11-25(19)13-15-8-12-26-14-15/h1,3-9,12,14,19H,2,10-11,13H2/t19-/m1/s1. The van der Waals surface area contributed by atoms with Crippen molar-refractivity contribution in [1.82, 2.24) is 9.47 Å². The van der Waals surface area contributed by atoms with E-state index >= 15 is 0 Å². The Labute approximate surface area is 149 Å². The molecule has 4 rings (SSSR count). The van der Waals surface area contributed by atoms with Crippen LogP contribution in [0.2, 0.25) is 0 Å². The number of benzene rings is 1. The van der Waals surface area contributed by atoms with Gasteiger partial charge in [-0.2, -0.15) is 13.2 Å². The first-order chi connectivity index (χ1) is 12.5. The number of furan rings is 1. The van der Waals surface area contributed by atoms with E-state index in [0.717, 1.165) is 36.3 Å². The second-order valence-corrected chi connectivity index (χ2v) is 6.60. The molecular weight excluding hydrogens is 341 g/mol. The maximum atomic E-state index is 12.9. The molecule has 0 radical (unpaired) electrons. The van der Waals surface area contributed by atoms with Crippen LogP contribution in [0.15, 0.2) is 65.6 Å². The minimum atomic E-state index is -4.32. The van der Waals surface area contributed by atoms with E-state index in [4.69, 9.17) is 4.42 Å². The Bertz CT molecular complexity index is 850. The largest absolute Gasteiger partial charge is 0.472 e. The van der Waals surface area contributed by atoms with Gasteiger partial charge in [-0.3, -0.25) is 4.90 Å². The van der Waals surface area contributed by atoms with Crippen molar-refractivity contribution in [3.63, 3.8) is 0 Å². The van der Waals surface area contributed by atoms with Crippen LogP contribution in [0.3, 0.4) is 0 Å². The normalized spacial score (nSPS) is 18.5. The molecule has 1 atom stereocenters. The molecule has 0 fully saturated rings. The maximum absolute atomic E-state index is 12.9. The smallest absolute Gasteiger partial charge is 0.416 e. The summed E-state index contributed by atoms with van der Waals surface area (Å²) in [5.74, 6) is 0. The minimum Gasteiger partial charge on any atom is -0.472 e. The topological polar surface area (TPSA) is 21.3 Å². The highest BCUT2D eigenvalue weighted by Gasteiger charge is 2.32. The molecule has 0 saturated carbocycles. The number of hydrogen-bond donors (Lipinski definition) is 0. The van der Waals surface area contributed by atoms with E-state index in [0.29, 0.717) is 6.54 Å². The van der Waals surface area contributed by atoms with Gasteiger partial charge in [0.15, 0.2) is 0 Å². The molecule has 3 heterocycles. The first kappa shape index (κ1) is 17.0. The lowest BCUT2D eigenvalue weighted by Crippen LogP contribution is -2.29. The molecule has 0 spiro atoms. The van der Waals surface area contributed by atoms with Gasteiger partial charge in [0.2, 0.25) is 0 Å². The van der Waals surface area contributed by atoms with Crippen LogP contribution in [0.1, 0.15) is 34.8 Å². The summed E-state index contributed by atoms with van der Waals surface area (Å²) in [6.45, 7) is 2.45. The summed E-state index contributed by atoms with van der Waals surface area (Å²) in [6, 6.07) is 11.4. The monoisotopic (exact) mass is 360 g/mol. The Morgan fingerprint density at radius 3 is 2.54 bits per heavy atom. The molecule has 1 aliphatic rings. The summed E-state index contributed by atoms with van der Waals surface area (Å²) in [5.41, 5.74) is 2.41. The molecule has 6 heteroatoms. The van der Waals surface area contributed by atoms with Crippen LogP contribution >= 0.6 is 0 Å². The predicted octanol–water partition coefficient (Wildman–Crippen LogP) is 5.10. The third kappa shape index (κ3) is 3.29. The van der Waals surface area contributed by atoms with Gasteiger partial charge < -0.3 is 8.98 Å². The number of nitrogens with zero attached hydrogens (tertiary/aromatic N) is 2. The molecule has 0 aliphatic carbocycles. The Kier molecular flexibility index (Phi) is 4.36. The van der Waals surface area contributed by atoms with Gasteiger partial charge >= 0.3 is 6.18 Å². The molecule has 0 unspecified atom stereocenters. The lowest BCUT2D eigenvalue weighted by Gasteiger charge is -2.30. The summed E-state index contributed by atoms with van der Waals surface area (Å²) in [4.78, 5) is 2.30. The molecule has 1 aromatic carbocycles. The first-order valence-electron chi connectivity index (χ1n) is 8.60. The average Bonchev–Trinajstić information content (AvgIpc) is 3.24. The molecular formula is C20H19F3N2O. The van der Waals surface area contributed by atoms with E-state index in [1.807, 2.05) is 18.3 Å². The highest BCUT2D eigenvalue weighted by atomic mass is 19.4. The van der Waals surface area contributed by atoms with Gasteiger partial charge in [-0.25, -0.2) is 0 Å². The number of aryl methyl sites for hydroxylation is 1. The van der Waals surface area contributed by atoms with Crippen LogP contribution in [0.4, 0.5) is 13.2 Å². The van der Waals surface area contributed by atoms with E-state index < -0.39 is 11.7 Å². The number of rotatable bonds is 3. The second kappa shape index (κ2) is 6.68. The van der Waals surface area contributed by atoms with E-state index in [1.165, 1.54) is 12.1 Å². The van der Waals surface area contributed by atoms with Crippen molar-refractivity contribution < 1.29 is 17.6 Å². The van der Waals surface area contributed by atoms with Gasteiger partial charge in [0.05, 0.1) is 24.1 Å². The highest BCUT2D eigenvalue weighted by Crippen LogP contribution is 2.35. The summed E-state index contributed by atoms with van der Waals surface area (Å²) in [7, 11) is 0. The van der Waals surface area contributed by atoms with Gasteiger partial charge in [0.25, 0.3) is 0 Å². The molecule has 0 N–H and O–H groups in total. The molecule has 26 heavy (non-hydrogen) atoms. The lowest BCUT2D eigenvalue weighted by molar-refractivity contribution is -0.137. The molecule has 0 bridgehead atoms. The summed E-state index contributed by atoms with van der Waals surface area (Å²) < 4.78 is 46.1. The maximum Gasteiger partial charge on any atom is 0.416 e. The zero-order valence-corrected chi connectivity index (χ0v) is 14.1. The van der Waals surface area contributed by atoms with E-state index in [1.54, 1.807) is 24.7 Å². The fourth-order valence-corrected chi connectivity index (χ4v) is 3.66. The SMILES string of the molecule is FC(F)(F)c1ccc([C@@H]2c3cccn3CCCN2Cc2ccoc2)cc1. The van der Waals surface area contributed by atoms with Crippen molar-refractivity contribution in [2.24, 2.45) is 0 Å². The fourth-order valence-electron chi connectivity index (χ4n) is 3.66. The second-order valence-electron chi connectivity index (χ2n) is 6.60. The van der Waals surface area contributed by atoms with Crippen molar-refractivity contribution in [1.29, 1.82) is 0 Å². The van der Waals surface area contributed by atoms with Crippen LogP contribution in [0.25, 0.3) is 0 Å².